The lowest BCUT2D eigenvalue weighted by molar-refractivity contribution is 0.0733. The number of rotatable bonds is 13. The summed E-state index contributed by atoms with van der Waals surface area (Å²) in [6.45, 7) is 7.31. The number of nitrogens with one attached hydrogen (secondary N) is 2. The molecule has 0 fully saturated rings. The Kier molecular flexibility index (Phi) is 15.5. The Labute approximate surface area is 123 Å². The third kappa shape index (κ3) is 13.6. The van der Waals surface area contributed by atoms with Gasteiger partial charge in [-0.2, -0.15) is 0 Å². The molecule has 0 saturated heterocycles. The van der Waals surface area contributed by atoms with Crippen LogP contribution in [0.2, 0.25) is 0 Å². The van der Waals surface area contributed by atoms with Crippen molar-refractivity contribution in [2.75, 3.05) is 60.3 Å². The molecule has 0 aromatic heterocycles. The zero-order valence-corrected chi connectivity index (χ0v) is 13.2. The van der Waals surface area contributed by atoms with Gasteiger partial charge in [0.1, 0.15) is 0 Å². The number of guanidine groups is 1. The largest absolute Gasteiger partial charge is 0.382 e. The number of hydrogen-bond donors (Lipinski definition) is 2. The minimum Gasteiger partial charge on any atom is -0.382 e. The summed E-state index contributed by atoms with van der Waals surface area (Å²) in [6.07, 6.45) is 3.30. The smallest absolute Gasteiger partial charge is 0.191 e. The van der Waals surface area contributed by atoms with E-state index < -0.39 is 0 Å². The second-order valence-electron chi connectivity index (χ2n) is 4.35. The van der Waals surface area contributed by atoms with Crippen LogP contribution >= 0.6 is 0 Å². The standard InChI is InChI=1S/C14H31N3O3/c1-4-5-9-19-10-6-7-16-14(15-2)17-8-11-20-13-12-18-3/h4-13H2,1-3H3,(H2,15,16,17). The first-order valence-electron chi connectivity index (χ1n) is 7.44. The van der Waals surface area contributed by atoms with Gasteiger partial charge in [0.15, 0.2) is 5.96 Å². The molecule has 0 aromatic rings. The fourth-order valence-electron chi connectivity index (χ4n) is 1.44. The Hall–Kier alpha value is -0.850. The maximum Gasteiger partial charge on any atom is 0.191 e. The molecule has 120 valence electrons. The van der Waals surface area contributed by atoms with Gasteiger partial charge in [-0.3, -0.25) is 4.99 Å². The first-order valence-corrected chi connectivity index (χ1v) is 7.44. The lowest BCUT2D eigenvalue weighted by Crippen LogP contribution is -2.39. The summed E-state index contributed by atoms with van der Waals surface area (Å²) >= 11 is 0. The zero-order valence-electron chi connectivity index (χ0n) is 13.2. The maximum atomic E-state index is 5.49. The summed E-state index contributed by atoms with van der Waals surface area (Å²) < 4.78 is 15.8. The van der Waals surface area contributed by atoms with Crippen molar-refractivity contribution in [1.29, 1.82) is 0 Å². The number of aliphatic imine (C=N–C) groups is 1. The van der Waals surface area contributed by atoms with Gasteiger partial charge in [0.25, 0.3) is 0 Å². The number of ether oxygens (including phenoxy) is 3. The molecule has 0 aliphatic rings. The SMILES string of the molecule is CCCCOCCCNC(=NC)NCCOCCOC. The number of methoxy groups -OCH3 is 1. The molecule has 0 radical (unpaired) electrons. The van der Waals surface area contributed by atoms with Crippen molar-refractivity contribution < 1.29 is 14.2 Å². The van der Waals surface area contributed by atoms with Crippen LogP contribution in [0.4, 0.5) is 0 Å². The van der Waals surface area contributed by atoms with E-state index in [9.17, 15) is 0 Å². The highest BCUT2D eigenvalue weighted by Crippen LogP contribution is 1.89. The molecule has 2 N–H and O–H groups in total. The van der Waals surface area contributed by atoms with Gasteiger partial charge in [-0.25, -0.2) is 0 Å². The molecule has 0 unspecified atom stereocenters. The van der Waals surface area contributed by atoms with E-state index in [1.807, 2.05) is 0 Å². The quantitative estimate of drug-likeness (QED) is 0.301. The van der Waals surface area contributed by atoms with Crippen LogP contribution in [0.15, 0.2) is 4.99 Å². The molecule has 0 saturated carbocycles. The van der Waals surface area contributed by atoms with Gasteiger partial charge in [-0.05, 0) is 12.8 Å². The van der Waals surface area contributed by atoms with E-state index >= 15 is 0 Å². The van der Waals surface area contributed by atoms with Gasteiger partial charge in [0.2, 0.25) is 0 Å². The van der Waals surface area contributed by atoms with Gasteiger partial charge >= 0.3 is 0 Å². The predicted molar refractivity (Wildman–Crippen MR) is 82.4 cm³/mol. The molecule has 0 spiro atoms. The molecule has 0 heterocycles. The van der Waals surface area contributed by atoms with Crippen LogP contribution in [-0.2, 0) is 14.2 Å². The highest BCUT2D eigenvalue weighted by Gasteiger charge is 1.96. The zero-order chi connectivity index (χ0) is 14.9. The van der Waals surface area contributed by atoms with Crippen molar-refractivity contribution in [2.45, 2.75) is 26.2 Å². The second-order valence-corrected chi connectivity index (χ2v) is 4.35. The molecule has 0 aromatic carbocycles. The summed E-state index contributed by atoms with van der Waals surface area (Å²) in [7, 11) is 3.43. The van der Waals surface area contributed by atoms with E-state index in [0.717, 1.165) is 45.1 Å². The first-order chi connectivity index (χ1) is 9.85. The minimum absolute atomic E-state index is 0.624. The number of unbranched alkanes of at least 4 members (excludes halogenated alkanes) is 1. The van der Waals surface area contributed by atoms with E-state index in [2.05, 4.69) is 22.5 Å². The molecule has 6 nitrogen and oxygen atoms in total. The Morgan fingerprint density at radius 3 is 2.30 bits per heavy atom. The Morgan fingerprint density at radius 1 is 0.900 bits per heavy atom. The fourth-order valence-corrected chi connectivity index (χ4v) is 1.44. The van der Waals surface area contributed by atoms with Crippen molar-refractivity contribution >= 4 is 5.96 Å². The average Bonchev–Trinajstić information content (AvgIpc) is 2.47. The van der Waals surface area contributed by atoms with Crippen LogP contribution in [0.1, 0.15) is 26.2 Å². The van der Waals surface area contributed by atoms with Gasteiger partial charge in [0.05, 0.1) is 19.8 Å². The van der Waals surface area contributed by atoms with Crippen LogP contribution in [0.25, 0.3) is 0 Å². The van der Waals surface area contributed by atoms with Crippen LogP contribution in [-0.4, -0.2) is 66.2 Å². The summed E-state index contributed by atoms with van der Waals surface area (Å²) in [4.78, 5) is 4.14. The van der Waals surface area contributed by atoms with Crippen LogP contribution in [0.3, 0.4) is 0 Å². The second kappa shape index (κ2) is 16.2. The van der Waals surface area contributed by atoms with Crippen molar-refractivity contribution in [3.05, 3.63) is 0 Å². The maximum absolute atomic E-state index is 5.49. The number of hydrogen-bond acceptors (Lipinski definition) is 4. The van der Waals surface area contributed by atoms with Crippen molar-refractivity contribution in [1.82, 2.24) is 10.6 Å². The molecule has 0 aliphatic carbocycles. The van der Waals surface area contributed by atoms with Gasteiger partial charge in [0, 0.05) is 40.5 Å². The lowest BCUT2D eigenvalue weighted by Gasteiger charge is -2.12. The molecule has 20 heavy (non-hydrogen) atoms. The Balaban J connectivity index is 3.35. The van der Waals surface area contributed by atoms with Crippen LogP contribution in [0, 0.1) is 0 Å². The molecule has 0 aliphatic heterocycles. The van der Waals surface area contributed by atoms with Gasteiger partial charge < -0.3 is 24.8 Å². The molecule has 0 amide bonds. The summed E-state index contributed by atoms with van der Waals surface area (Å²) in [5.74, 6) is 0.800. The summed E-state index contributed by atoms with van der Waals surface area (Å²) in [5.41, 5.74) is 0. The van der Waals surface area contributed by atoms with E-state index in [-0.39, 0.29) is 0 Å². The van der Waals surface area contributed by atoms with E-state index in [0.29, 0.717) is 19.8 Å². The lowest BCUT2D eigenvalue weighted by atomic mass is 10.4. The van der Waals surface area contributed by atoms with Crippen LogP contribution in [0.5, 0.6) is 0 Å². The average molecular weight is 289 g/mol. The summed E-state index contributed by atoms with van der Waals surface area (Å²) in [6, 6.07) is 0. The van der Waals surface area contributed by atoms with Gasteiger partial charge in [-0.15, -0.1) is 0 Å². The molecule has 0 atom stereocenters. The monoisotopic (exact) mass is 289 g/mol. The molecule has 0 bridgehead atoms. The van der Waals surface area contributed by atoms with Gasteiger partial charge in [-0.1, -0.05) is 13.3 Å². The molecule has 6 heteroatoms. The third-order valence-electron chi connectivity index (χ3n) is 2.59. The Bertz CT molecular complexity index is 226. The molecular weight excluding hydrogens is 258 g/mol. The van der Waals surface area contributed by atoms with Crippen molar-refractivity contribution in [3.8, 4) is 0 Å². The normalized spacial score (nSPS) is 11.7. The first kappa shape index (κ1) is 19.1. The third-order valence-corrected chi connectivity index (χ3v) is 2.59. The Morgan fingerprint density at radius 2 is 1.60 bits per heavy atom. The highest BCUT2D eigenvalue weighted by atomic mass is 16.5. The van der Waals surface area contributed by atoms with E-state index in [1.54, 1.807) is 14.2 Å². The molecular formula is C14H31N3O3. The highest BCUT2D eigenvalue weighted by molar-refractivity contribution is 5.79. The fraction of sp³-hybridized carbons (Fsp3) is 0.929. The summed E-state index contributed by atoms with van der Waals surface area (Å²) in [5, 5.41) is 6.43. The predicted octanol–water partition coefficient (Wildman–Crippen LogP) is 1.02. The van der Waals surface area contributed by atoms with Crippen molar-refractivity contribution in [3.63, 3.8) is 0 Å². The minimum atomic E-state index is 0.624. The molecule has 0 rings (SSSR count). The topological polar surface area (TPSA) is 64.1 Å². The van der Waals surface area contributed by atoms with E-state index in [1.165, 1.54) is 6.42 Å². The number of nitrogens with zero attached hydrogens (tertiary/aromatic N) is 1. The van der Waals surface area contributed by atoms with Crippen LogP contribution < -0.4 is 10.6 Å². The van der Waals surface area contributed by atoms with Crippen molar-refractivity contribution in [2.24, 2.45) is 4.99 Å². The van der Waals surface area contributed by atoms with E-state index in [4.69, 9.17) is 14.2 Å².